The monoisotopic (exact) mass is 378 g/mol. The lowest BCUT2D eigenvalue weighted by Crippen LogP contribution is -2.41. The minimum absolute atomic E-state index is 0.0765. The molecule has 1 aromatic carbocycles. The molecule has 0 bridgehead atoms. The molecule has 2 heterocycles. The molecule has 1 amide bonds. The van der Waals surface area contributed by atoms with Gasteiger partial charge in [0.1, 0.15) is 6.54 Å². The Morgan fingerprint density at radius 2 is 2.00 bits per heavy atom. The molecule has 0 N–H and O–H groups in total. The maximum Gasteiger partial charge on any atom is 0.308 e. The fourth-order valence-corrected chi connectivity index (χ4v) is 3.42. The zero-order chi connectivity index (χ0) is 16.4. The van der Waals surface area contributed by atoms with E-state index in [1.54, 1.807) is 0 Å². The van der Waals surface area contributed by atoms with Gasteiger partial charge in [-0.3, -0.25) is 9.59 Å². The summed E-state index contributed by atoms with van der Waals surface area (Å²) in [5.41, 5.74) is 1.04. The lowest BCUT2D eigenvalue weighted by atomic mass is 9.97. The van der Waals surface area contributed by atoms with Crippen molar-refractivity contribution in [2.24, 2.45) is 5.92 Å². The van der Waals surface area contributed by atoms with Gasteiger partial charge in [0.25, 0.3) is 0 Å². The second-order valence-corrected chi connectivity index (χ2v) is 6.74. The minimum atomic E-state index is -0.168. The van der Waals surface area contributed by atoms with E-state index in [-0.39, 0.29) is 17.8 Å². The van der Waals surface area contributed by atoms with Gasteiger partial charge in [-0.15, -0.1) is 0 Å². The van der Waals surface area contributed by atoms with Crippen LogP contribution >= 0.6 is 15.9 Å². The van der Waals surface area contributed by atoms with Crippen LogP contribution in [0.5, 0.6) is 0 Å². The summed E-state index contributed by atoms with van der Waals surface area (Å²) >= 11 is 3.47. The van der Waals surface area contributed by atoms with E-state index in [0.717, 1.165) is 15.4 Å². The van der Waals surface area contributed by atoms with E-state index < -0.39 is 0 Å². The van der Waals surface area contributed by atoms with Crippen molar-refractivity contribution in [3.05, 3.63) is 34.9 Å². The Morgan fingerprint density at radius 3 is 2.70 bits per heavy atom. The number of fused-ring (bicyclic) bond motifs is 1. The van der Waals surface area contributed by atoms with Gasteiger partial charge in [0.15, 0.2) is 0 Å². The zero-order valence-electron chi connectivity index (χ0n) is 13.0. The number of amides is 1. The van der Waals surface area contributed by atoms with Gasteiger partial charge < -0.3 is 14.2 Å². The summed E-state index contributed by atoms with van der Waals surface area (Å²) in [6.45, 7) is 1.55. The first-order valence-electron chi connectivity index (χ1n) is 7.68. The molecule has 5 nitrogen and oxygen atoms in total. The third kappa shape index (κ3) is 3.42. The average Bonchev–Trinajstić information content (AvgIpc) is 2.96. The van der Waals surface area contributed by atoms with Crippen LogP contribution in [0, 0.1) is 5.92 Å². The molecule has 0 spiro atoms. The smallest absolute Gasteiger partial charge is 0.308 e. The Bertz CT molecular complexity index is 733. The van der Waals surface area contributed by atoms with Crippen LogP contribution in [0.4, 0.5) is 0 Å². The third-order valence-electron chi connectivity index (χ3n) is 4.42. The summed E-state index contributed by atoms with van der Waals surface area (Å²) in [4.78, 5) is 25.9. The highest BCUT2D eigenvalue weighted by Crippen LogP contribution is 2.22. The number of ether oxygens (including phenoxy) is 1. The van der Waals surface area contributed by atoms with Gasteiger partial charge in [-0.25, -0.2) is 0 Å². The molecule has 23 heavy (non-hydrogen) atoms. The first-order valence-corrected chi connectivity index (χ1v) is 8.48. The number of likely N-dealkylation sites (tertiary alicyclic amines) is 1. The Morgan fingerprint density at radius 1 is 1.26 bits per heavy atom. The number of esters is 1. The molecule has 122 valence electrons. The number of piperidine rings is 1. The van der Waals surface area contributed by atoms with Crippen molar-refractivity contribution in [1.29, 1.82) is 0 Å². The first kappa shape index (κ1) is 16.1. The van der Waals surface area contributed by atoms with Crippen molar-refractivity contribution in [2.75, 3.05) is 20.2 Å². The van der Waals surface area contributed by atoms with Crippen LogP contribution < -0.4 is 0 Å². The summed E-state index contributed by atoms with van der Waals surface area (Å²) in [7, 11) is 1.41. The number of nitrogens with zero attached hydrogens (tertiary/aromatic N) is 2. The number of hydrogen-bond acceptors (Lipinski definition) is 3. The van der Waals surface area contributed by atoms with E-state index in [0.29, 0.717) is 32.5 Å². The second-order valence-electron chi connectivity index (χ2n) is 5.82. The minimum Gasteiger partial charge on any atom is -0.469 e. The molecule has 2 aromatic rings. The molecule has 1 aliphatic heterocycles. The number of carbonyl (C=O) groups excluding carboxylic acids is 2. The highest BCUT2D eigenvalue weighted by atomic mass is 79.9. The number of aromatic nitrogens is 1. The molecule has 1 fully saturated rings. The van der Waals surface area contributed by atoms with E-state index in [4.69, 9.17) is 4.74 Å². The number of benzene rings is 1. The number of rotatable bonds is 3. The Kier molecular flexibility index (Phi) is 4.71. The molecule has 1 aliphatic rings. The Balaban J connectivity index is 1.65. The van der Waals surface area contributed by atoms with Gasteiger partial charge in [0, 0.05) is 29.3 Å². The van der Waals surface area contributed by atoms with E-state index in [2.05, 4.69) is 15.9 Å². The molecule has 0 aliphatic carbocycles. The van der Waals surface area contributed by atoms with Gasteiger partial charge in [-0.2, -0.15) is 0 Å². The fourth-order valence-electron chi connectivity index (χ4n) is 3.07. The summed E-state index contributed by atoms with van der Waals surface area (Å²) in [6, 6.07) is 8.05. The topological polar surface area (TPSA) is 51.5 Å². The maximum absolute atomic E-state index is 12.5. The number of carbonyl (C=O) groups is 2. The molecule has 1 saturated heterocycles. The lowest BCUT2D eigenvalue weighted by molar-refractivity contribution is -0.149. The summed E-state index contributed by atoms with van der Waals surface area (Å²) < 4.78 is 7.74. The van der Waals surface area contributed by atoms with Gasteiger partial charge in [-0.1, -0.05) is 22.0 Å². The van der Waals surface area contributed by atoms with Crippen LogP contribution in [-0.2, 0) is 20.9 Å². The number of hydrogen-bond donors (Lipinski definition) is 0. The van der Waals surface area contributed by atoms with E-state index in [1.165, 1.54) is 7.11 Å². The Labute approximate surface area is 143 Å². The van der Waals surface area contributed by atoms with Gasteiger partial charge in [0.05, 0.1) is 13.0 Å². The largest absolute Gasteiger partial charge is 0.469 e. The lowest BCUT2D eigenvalue weighted by Gasteiger charge is -2.30. The highest BCUT2D eigenvalue weighted by molar-refractivity contribution is 9.10. The molecular formula is C17H19BrN2O3. The molecule has 0 saturated carbocycles. The average molecular weight is 379 g/mol. The SMILES string of the molecule is COC(=O)C1CCN(C(=O)Cn2ccc3ccc(Br)cc32)CC1. The third-order valence-corrected chi connectivity index (χ3v) is 4.92. The van der Waals surface area contributed by atoms with E-state index >= 15 is 0 Å². The standard InChI is InChI=1S/C17H19BrN2O3/c1-23-17(22)13-5-7-19(8-6-13)16(21)11-20-9-4-12-2-3-14(18)10-15(12)20/h2-4,9-10,13H,5-8,11H2,1H3. The highest BCUT2D eigenvalue weighted by Gasteiger charge is 2.27. The van der Waals surface area contributed by atoms with Crippen molar-refractivity contribution in [3.63, 3.8) is 0 Å². The molecule has 1 aromatic heterocycles. The Hall–Kier alpha value is -1.82. The van der Waals surface area contributed by atoms with Crippen molar-refractivity contribution in [3.8, 4) is 0 Å². The summed E-state index contributed by atoms with van der Waals surface area (Å²) in [5.74, 6) is -0.156. The van der Waals surface area contributed by atoms with Gasteiger partial charge in [-0.05, 0) is 36.4 Å². The summed E-state index contributed by atoms with van der Waals surface area (Å²) in [6.07, 6.45) is 3.29. The molecule has 3 rings (SSSR count). The van der Waals surface area contributed by atoms with Gasteiger partial charge in [0.2, 0.25) is 5.91 Å². The normalized spacial score (nSPS) is 15.8. The molecular weight excluding hydrogens is 360 g/mol. The van der Waals surface area contributed by atoms with Crippen molar-refractivity contribution >= 4 is 38.7 Å². The van der Waals surface area contributed by atoms with Crippen LogP contribution in [-0.4, -0.2) is 41.5 Å². The van der Waals surface area contributed by atoms with E-state index in [1.807, 2.05) is 39.9 Å². The van der Waals surface area contributed by atoms with Crippen molar-refractivity contribution < 1.29 is 14.3 Å². The van der Waals surface area contributed by atoms with Crippen LogP contribution in [0.2, 0.25) is 0 Å². The first-order chi connectivity index (χ1) is 11.1. The second kappa shape index (κ2) is 6.74. The predicted molar refractivity (Wildman–Crippen MR) is 91.0 cm³/mol. The summed E-state index contributed by atoms with van der Waals surface area (Å²) in [5, 5.41) is 1.12. The molecule has 0 unspecified atom stereocenters. The molecule has 0 atom stereocenters. The fraction of sp³-hybridized carbons (Fsp3) is 0.412. The maximum atomic E-state index is 12.5. The zero-order valence-corrected chi connectivity index (χ0v) is 14.6. The van der Waals surface area contributed by atoms with Crippen LogP contribution in [0.25, 0.3) is 10.9 Å². The van der Waals surface area contributed by atoms with Crippen LogP contribution in [0.1, 0.15) is 12.8 Å². The van der Waals surface area contributed by atoms with E-state index in [9.17, 15) is 9.59 Å². The molecule has 0 radical (unpaired) electrons. The van der Waals surface area contributed by atoms with Crippen molar-refractivity contribution in [2.45, 2.75) is 19.4 Å². The quantitative estimate of drug-likeness (QED) is 0.771. The predicted octanol–water partition coefficient (Wildman–Crippen LogP) is 2.82. The van der Waals surface area contributed by atoms with Crippen molar-refractivity contribution in [1.82, 2.24) is 9.47 Å². The number of halogens is 1. The number of methoxy groups -OCH3 is 1. The van der Waals surface area contributed by atoms with Crippen LogP contribution in [0.3, 0.4) is 0 Å². The van der Waals surface area contributed by atoms with Gasteiger partial charge >= 0.3 is 5.97 Å². The molecule has 6 heteroatoms. The van der Waals surface area contributed by atoms with Crippen LogP contribution in [0.15, 0.2) is 34.9 Å².